The van der Waals surface area contributed by atoms with Gasteiger partial charge >= 0.3 is 7.60 Å². The van der Waals surface area contributed by atoms with E-state index in [4.69, 9.17) is 14.3 Å². The van der Waals surface area contributed by atoms with Crippen molar-refractivity contribution in [1.29, 1.82) is 0 Å². The Morgan fingerprint density at radius 1 is 1.25 bits per heavy atom. The third-order valence-electron chi connectivity index (χ3n) is 1.99. The van der Waals surface area contributed by atoms with E-state index in [0.29, 0.717) is 5.76 Å². The zero-order valence-electron chi connectivity index (χ0n) is 8.28. The maximum atomic E-state index is 10.8. The Bertz CT molecular complexity index is 517. The van der Waals surface area contributed by atoms with Crippen LogP contribution in [0.15, 0.2) is 40.9 Å². The molecule has 0 bridgehead atoms. The van der Waals surface area contributed by atoms with Crippen LogP contribution in [0.25, 0.3) is 11.3 Å². The lowest BCUT2D eigenvalue weighted by Crippen LogP contribution is -1.85. The zero-order valence-corrected chi connectivity index (χ0v) is 9.17. The van der Waals surface area contributed by atoms with Crippen LogP contribution >= 0.6 is 7.60 Å². The van der Waals surface area contributed by atoms with Gasteiger partial charge in [0.05, 0.1) is 11.9 Å². The lowest BCUT2D eigenvalue weighted by molar-refractivity contribution is 0.367. The van der Waals surface area contributed by atoms with E-state index >= 15 is 0 Å². The van der Waals surface area contributed by atoms with E-state index in [1.54, 1.807) is 0 Å². The first-order valence-electron chi connectivity index (χ1n) is 4.60. The summed E-state index contributed by atoms with van der Waals surface area (Å²) in [5, 5.41) is 3.61. The van der Waals surface area contributed by atoms with Crippen LogP contribution in [0, 0.1) is 0 Å². The fourth-order valence-corrected chi connectivity index (χ4v) is 1.91. The monoisotopic (exact) mass is 239 g/mol. The van der Waals surface area contributed by atoms with Crippen molar-refractivity contribution in [3.05, 3.63) is 42.1 Å². The van der Waals surface area contributed by atoms with E-state index in [9.17, 15) is 4.57 Å². The molecule has 1 aromatic heterocycles. The molecule has 0 radical (unpaired) electrons. The van der Waals surface area contributed by atoms with Crippen LogP contribution in [-0.4, -0.2) is 14.9 Å². The van der Waals surface area contributed by atoms with Crippen molar-refractivity contribution in [2.24, 2.45) is 0 Å². The summed E-state index contributed by atoms with van der Waals surface area (Å²) < 4.78 is 15.8. The minimum Gasteiger partial charge on any atom is -0.356 e. The standard InChI is InChI=1S/C10H10NO4P/c12-16(13,14)7-9-6-10(15-11-9)8-4-2-1-3-5-8/h1-6H,7H2,(H2,12,13,14). The Morgan fingerprint density at radius 3 is 2.56 bits per heavy atom. The predicted octanol–water partition coefficient (Wildman–Crippen LogP) is 2.02. The van der Waals surface area contributed by atoms with Crippen molar-refractivity contribution in [2.45, 2.75) is 6.16 Å². The SMILES string of the molecule is O=P(O)(O)Cc1cc(-c2ccccc2)on1. The molecule has 5 nitrogen and oxygen atoms in total. The molecule has 0 atom stereocenters. The highest BCUT2D eigenvalue weighted by atomic mass is 31.2. The maximum absolute atomic E-state index is 10.8. The second-order valence-corrected chi connectivity index (χ2v) is 5.02. The van der Waals surface area contributed by atoms with E-state index in [1.165, 1.54) is 6.07 Å². The van der Waals surface area contributed by atoms with Gasteiger partial charge in [-0.1, -0.05) is 35.5 Å². The Hall–Kier alpha value is -1.42. The van der Waals surface area contributed by atoms with Crippen molar-refractivity contribution in [1.82, 2.24) is 5.16 Å². The third-order valence-corrected chi connectivity index (χ3v) is 2.72. The smallest absolute Gasteiger partial charge is 0.331 e. The summed E-state index contributed by atoms with van der Waals surface area (Å²) in [7, 11) is -4.09. The summed E-state index contributed by atoms with van der Waals surface area (Å²) in [5.41, 5.74) is 1.08. The Kier molecular flexibility index (Phi) is 2.92. The molecule has 1 aromatic carbocycles. The van der Waals surface area contributed by atoms with Gasteiger partial charge in [0.25, 0.3) is 0 Å². The van der Waals surface area contributed by atoms with Gasteiger partial charge in [-0.25, -0.2) is 0 Å². The van der Waals surface area contributed by atoms with Crippen LogP contribution in [-0.2, 0) is 10.7 Å². The number of aromatic nitrogens is 1. The molecular weight excluding hydrogens is 229 g/mol. The van der Waals surface area contributed by atoms with Crippen molar-refractivity contribution < 1.29 is 18.9 Å². The molecule has 6 heteroatoms. The van der Waals surface area contributed by atoms with Gasteiger partial charge in [-0.2, -0.15) is 0 Å². The van der Waals surface area contributed by atoms with Gasteiger partial charge in [0.1, 0.15) is 0 Å². The minimum atomic E-state index is -4.09. The Balaban J connectivity index is 2.24. The molecule has 16 heavy (non-hydrogen) atoms. The van der Waals surface area contributed by atoms with Crippen LogP contribution in [0.4, 0.5) is 0 Å². The van der Waals surface area contributed by atoms with E-state index < -0.39 is 13.8 Å². The molecule has 0 unspecified atom stereocenters. The molecule has 2 aromatic rings. The number of rotatable bonds is 3. The van der Waals surface area contributed by atoms with Gasteiger partial charge in [0, 0.05) is 11.6 Å². The molecule has 0 aliphatic carbocycles. The lowest BCUT2D eigenvalue weighted by atomic mass is 10.2. The fourth-order valence-electron chi connectivity index (χ4n) is 1.34. The molecule has 0 saturated carbocycles. The van der Waals surface area contributed by atoms with Crippen LogP contribution in [0.2, 0.25) is 0 Å². The summed E-state index contributed by atoms with van der Waals surface area (Å²) in [6.07, 6.45) is -0.399. The Morgan fingerprint density at radius 2 is 1.94 bits per heavy atom. The first-order chi connectivity index (χ1) is 7.54. The molecule has 1 heterocycles. The van der Waals surface area contributed by atoms with Gasteiger partial charge in [-0.05, 0) is 0 Å². The minimum absolute atomic E-state index is 0.257. The number of hydrogen-bond donors (Lipinski definition) is 2. The van der Waals surface area contributed by atoms with Crippen LogP contribution in [0.5, 0.6) is 0 Å². The van der Waals surface area contributed by atoms with Gasteiger partial charge in [0.2, 0.25) is 0 Å². The average molecular weight is 239 g/mol. The molecule has 2 N–H and O–H groups in total. The highest BCUT2D eigenvalue weighted by molar-refractivity contribution is 7.50. The predicted molar refractivity (Wildman–Crippen MR) is 57.7 cm³/mol. The largest absolute Gasteiger partial charge is 0.356 e. The lowest BCUT2D eigenvalue weighted by Gasteiger charge is -1.97. The summed E-state index contributed by atoms with van der Waals surface area (Å²) >= 11 is 0. The summed E-state index contributed by atoms with van der Waals surface area (Å²) in [4.78, 5) is 17.6. The zero-order chi connectivity index (χ0) is 11.6. The quantitative estimate of drug-likeness (QED) is 0.800. The molecule has 0 saturated heterocycles. The number of hydrogen-bond acceptors (Lipinski definition) is 3. The molecule has 0 spiro atoms. The van der Waals surface area contributed by atoms with E-state index in [1.807, 2.05) is 30.3 Å². The fraction of sp³-hybridized carbons (Fsp3) is 0.100. The van der Waals surface area contributed by atoms with E-state index in [-0.39, 0.29) is 5.69 Å². The van der Waals surface area contributed by atoms with Crippen LogP contribution in [0.3, 0.4) is 0 Å². The molecule has 84 valence electrons. The Labute approximate surface area is 91.9 Å². The van der Waals surface area contributed by atoms with Crippen LogP contribution in [0.1, 0.15) is 5.69 Å². The van der Waals surface area contributed by atoms with Crippen molar-refractivity contribution >= 4 is 7.60 Å². The summed E-state index contributed by atoms with van der Waals surface area (Å²) in [5.74, 6) is 0.504. The van der Waals surface area contributed by atoms with Gasteiger partial charge in [-0.3, -0.25) is 4.57 Å². The molecule has 2 rings (SSSR count). The maximum Gasteiger partial charge on any atom is 0.331 e. The van der Waals surface area contributed by atoms with Crippen LogP contribution < -0.4 is 0 Å². The molecule has 0 amide bonds. The summed E-state index contributed by atoms with van der Waals surface area (Å²) in [6, 6.07) is 10.8. The van der Waals surface area contributed by atoms with Crippen molar-refractivity contribution in [3.63, 3.8) is 0 Å². The number of nitrogens with zero attached hydrogens (tertiary/aromatic N) is 1. The first kappa shape index (κ1) is 11.1. The average Bonchev–Trinajstić information content (AvgIpc) is 2.65. The molecule has 0 aliphatic heterocycles. The normalized spacial score (nSPS) is 11.6. The number of benzene rings is 1. The molecule has 0 aliphatic rings. The van der Waals surface area contributed by atoms with E-state index in [0.717, 1.165) is 5.56 Å². The third kappa shape index (κ3) is 2.79. The molecular formula is C10H10NO4P. The van der Waals surface area contributed by atoms with Crippen molar-refractivity contribution in [3.8, 4) is 11.3 Å². The first-order valence-corrected chi connectivity index (χ1v) is 6.40. The van der Waals surface area contributed by atoms with Gasteiger partial charge < -0.3 is 14.3 Å². The summed E-state index contributed by atoms with van der Waals surface area (Å²) in [6.45, 7) is 0. The second-order valence-electron chi connectivity index (χ2n) is 3.37. The van der Waals surface area contributed by atoms with Crippen molar-refractivity contribution in [2.75, 3.05) is 0 Å². The highest BCUT2D eigenvalue weighted by Crippen LogP contribution is 2.39. The molecule has 0 fully saturated rings. The second kappa shape index (κ2) is 4.22. The topological polar surface area (TPSA) is 83.6 Å². The van der Waals surface area contributed by atoms with E-state index in [2.05, 4.69) is 5.16 Å². The van der Waals surface area contributed by atoms with Gasteiger partial charge in [-0.15, -0.1) is 0 Å². The highest BCUT2D eigenvalue weighted by Gasteiger charge is 2.17. The van der Waals surface area contributed by atoms with Gasteiger partial charge in [0.15, 0.2) is 5.76 Å².